The lowest BCUT2D eigenvalue weighted by atomic mass is 10.0. The zero-order valence-electron chi connectivity index (χ0n) is 8.26. The fraction of sp³-hybridized carbons (Fsp3) is 0.400. The summed E-state index contributed by atoms with van der Waals surface area (Å²) in [5.41, 5.74) is 5.97. The second kappa shape index (κ2) is 3.86. The van der Waals surface area contributed by atoms with Gasteiger partial charge in [0.25, 0.3) is 0 Å². The molecule has 5 heteroatoms. The molecule has 0 aromatic carbocycles. The van der Waals surface area contributed by atoms with Crippen LogP contribution >= 0.6 is 0 Å². The molecule has 1 unspecified atom stereocenters. The van der Waals surface area contributed by atoms with Gasteiger partial charge in [0.15, 0.2) is 0 Å². The Labute approximate surface area is 87.5 Å². The highest BCUT2D eigenvalue weighted by atomic mass is 16.3. The van der Waals surface area contributed by atoms with Gasteiger partial charge in [0, 0.05) is 18.3 Å². The fourth-order valence-electron chi connectivity index (χ4n) is 1.75. The summed E-state index contributed by atoms with van der Waals surface area (Å²) in [5, 5.41) is 9.13. The van der Waals surface area contributed by atoms with Gasteiger partial charge >= 0.3 is 0 Å². The Morgan fingerprint density at radius 3 is 3.07 bits per heavy atom. The van der Waals surface area contributed by atoms with Gasteiger partial charge in [0.1, 0.15) is 11.9 Å². The zero-order chi connectivity index (χ0) is 10.8. The molecule has 1 aliphatic rings. The van der Waals surface area contributed by atoms with E-state index in [1.807, 2.05) is 4.90 Å². The number of pyridine rings is 1. The molecule has 1 saturated heterocycles. The van der Waals surface area contributed by atoms with Crippen LogP contribution in [0, 0.1) is 0 Å². The monoisotopic (exact) mass is 207 g/mol. The van der Waals surface area contributed by atoms with Crippen LogP contribution in [0.3, 0.4) is 0 Å². The molecule has 0 aliphatic carbocycles. The lowest BCUT2D eigenvalue weighted by Crippen LogP contribution is -2.55. The first-order valence-electron chi connectivity index (χ1n) is 4.84. The molecule has 80 valence electrons. The predicted octanol–water partition coefficient (Wildman–Crippen LogP) is -0.362. The summed E-state index contributed by atoms with van der Waals surface area (Å²) < 4.78 is 0. The highest BCUT2D eigenvalue weighted by Gasteiger charge is 2.34. The Kier molecular flexibility index (Phi) is 2.55. The maximum absolute atomic E-state index is 11.1. The molecule has 0 saturated carbocycles. The molecule has 0 spiro atoms. The van der Waals surface area contributed by atoms with Crippen molar-refractivity contribution in [2.24, 2.45) is 5.73 Å². The normalized spacial score (nSPS) is 19.8. The maximum Gasteiger partial charge on any atom is 0.240 e. The lowest BCUT2D eigenvalue weighted by Gasteiger charge is -2.40. The van der Waals surface area contributed by atoms with E-state index in [0.29, 0.717) is 5.82 Å². The first kappa shape index (κ1) is 9.92. The van der Waals surface area contributed by atoms with Crippen molar-refractivity contribution in [3.8, 4) is 0 Å². The topological polar surface area (TPSA) is 79.5 Å². The number of carbonyl (C=O) groups excluding carboxylic acids is 1. The highest BCUT2D eigenvalue weighted by molar-refractivity contribution is 5.85. The average Bonchev–Trinajstić information content (AvgIpc) is 2.16. The summed E-state index contributed by atoms with van der Waals surface area (Å²) >= 11 is 0. The van der Waals surface area contributed by atoms with E-state index in [0.717, 1.165) is 18.5 Å². The van der Waals surface area contributed by atoms with Crippen LogP contribution in [-0.2, 0) is 11.4 Å². The molecule has 2 rings (SSSR count). The van der Waals surface area contributed by atoms with Gasteiger partial charge in [-0.3, -0.25) is 4.79 Å². The van der Waals surface area contributed by atoms with Crippen molar-refractivity contribution in [3.05, 3.63) is 23.9 Å². The zero-order valence-corrected chi connectivity index (χ0v) is 8.26. The van der Waals surface area contributed by atoms with E-state index in [4.69, 9.17) is 10.8 Å². The third kappa shape index (κ3) is 1.66. The standard InChI is InChI=1S/C10H13N3O2/c11-9(15)8-3-5-13(8)10-7(6-14)2-1-4-12-10/h1-2,4,8,14H,3,5-6H2,(H2,11,15). The molecule has 1 fully saturated rings. The summed E-state index contributed by atoms with van der Waals surface area (Å²) in [6, 6.07) is 3.28. The first-order valence-corrected chi connectivity index (χ1v) is 4.84. The van der Waals surface area contributed by atoms with E-state index < -0.39 is 0 Å². The Bertz CT molecular complexity index is 381. The molecule has 15 heavy (non-hydrogen) atoms. The Hall–Kier alpha value is -1.62. The number of hydrogen-bond donors (Lipinski definition) is 2. The third-order valence-electron chi connectivity index (χ3n) is 2.66. The van der Waals surface area contributed by atoms with Gasteiger partial charge in [-0.15, -0.1) is 0 Å². The molecule has 1 aromatic rings. The number of nitrogens with zero attached hydrogens (tertiary/aromatic N) is 2. The van der Waals surface area contributed by atoms with Crippen LogP contribution in [0.4, 0.5) is 5.82 Å². The number of anilines is 1. The molecule has 1 aromatic heterocycles. The molecule has 1 atom stereocenters. The van der Waals surface area contributed by atoms with Crippen molar-refractivity contribution in [1.82, 2.24) is 4.98 Å². The summed E-state index contributed by atoms with van der Waals surface area (Å²) in [7, 11) is 0. The van der Waals surface area contributed by atoms with Crippen molar-refractivity contribution >= 4 is 11.7 Å². The predicted molar refractivity (Wildman–Crippen MR) is 55.1 cm³/mol. The maximum atomic E-state index is 11.1. The summed E-state index contributed by atoms with van der Waals surface area (Å²) in [6.45, 7) is 0.683. The van der Waals surface area contributed by atoms with Gasteiger partial charge in [0.05, 0.1) is 6.61 Å². The summed E-state index contributed by atoms with van der Waals surface area (Å²) in [4.78, 5) is 17.0. The van der Waals surface area contributed by atoms with Crippen LogP contribution in [0.15, 0.2) is 18.3 Å². The number of aromatic nitrogens is 1. The lowest BCUT2D eigenvalue weighted by molar-refractivity contribution is -0.120. The van der Waals surface area contributed by atoms with Crippen molar-refractivity contribution in [2.75, 3.05) is 11.4 Å². The number of aliphatic hydroxyl groups is 1. The number of amides is 1. The van der Waals surface area contributed by atoms with E-state index in [1.54, 1.807) is 18.3 Å². The van der Waals surface area contributed by atoms with E-state index in [2.05, 4.69) is 4.98 Å². The number of hydrogen-bond acceptors (Lipinski definition) is 4. The van der Waals surface area contributed by atoms with E-state index in [-0.39, 0.29) is 18.6 Å². The van der Waals surface area contributed by atoms with Crippen molar-refractivity contribution in [3.63, 3.8) is 0 Å². The summed E-state index contributed by atoms with van der Waals surface area (Å²) in [5.74, 6) is 0.325. The van der Waals surface area contributed by atoms with Gasteiger partial charge in [-0.2, -0.15) is 0 Å². The second-order valence-corrected chi connectivity index (χ2v) is 3.54. The van der Waals surface area contributed by atoms with Crippen LogP contribution in [0.5, 0.6) is 0 Å². The Morgan fingerprint density at radius 1 is 1.73 bits per heavy atom. The minimum atomic E-state index is -0.337. The molecular weight excluding hydrogens is 194 g/mol. The molecule has 1 amide bonds. The van der Waals surface area contributed by atoms with Gasteiger partial charge in [-0.05, 0) is 12.5 Å². The van der Waals surface area contributed by atoms with E-state index in [1.165, 1.54) is 0 Å². The van der Waals surface area contributed by atoms with Gasteiger partial charge in [-0.25, -0.2) is 4.98 Å². The molecule has 3 N–H and O–H groups in total. The average molecular weight is 207 g/mol. The first-order chi connectivity index (χ1) is 7.24. The van der Waals surface area contributed by atoms with E-state index in [9.17, 15) is 4.79 Å². The van der Waals surface area contributed by atoms with Gasteiger partial charge in [0.2, 0.25) is 5.91 Å². The van der Waals surface area contributed by atoms with Crippen LogP contribution in [0.2, 0.25) is 0 Å². The quantitative estimate of drug-likeness (QED) is 0.709. The molecular formula is C10H13N3O2. The number of rotatable bonds is 3. The largest absolute Gasteiger partial charge is 0.392 e. The molecule has 0 bridgehead atoms. The van der Waals surface area contributed by atoms with E-state index >= 15 is 0 Å². The van der Waals surface area contributed by atoms with Crippen LogP contribution in [0.25, 0.3) is 0 Å². The van der Waals surface area contributed by atoms with Gasteiger partial charge < -0.3 is 15.7 Å². The molecule has 0 radical (unpaired) electrons. The summed E-state index contributed by atoms with van der Waals surface area (Å²) in [6.07, 6.45) is 2.40. The number of carbonyl (C=O) groups is 1. The number of primary amides is 1. The number of aliphatic hydroxyl groups excluding tert-OH is 1. The van der Waals surface area contributed by atoms with Crippen molar-refractivity contribution in [1.29, 1.82) is 0 Å². The third-order valence-corrected chi connectivity index (χ3v) is 2.66. The van der Waals surface area contributed by atoms with Crippen LogP contribution < -0.4 is 10.6 Å². The van der Waals surface area contributed by atoms with Crippen molar-refractivity contribution < 1.29 is 9.90 Å². The highest BCUT2D eigenvalue weighted by Crippen LogP contribution is 2.27. The minimum absolute atomic E-state index is 0.0782. The van der Waals surface area contributed by atoms with Gasteiger partial charge in [-0.1, -0.05) is 6.07 Å². The van der Waals surface area contributed by atoms with Crippen LogP contribution in [0.1, 0.15) is 12.0 Å². The molecule has 2 heterocycles. The number of nitrogens with two attached hydrogens (primary N) is 1. The molecule has 1 aliphatic heterocycles. The second-order valence-electron chi connectivity index (χ2n) is 3.54. The minimum Gasteiger partial charge on any atom is -0.392 e. The fourth-order valence-corrected chi connectivity index (χ4v) is 1.75. The Morgan fingerprint density at radius 2 is 2.53 bits per heavy atom. The Balaban J connectivity index is 2.26. The van der Waals surface area contributed by atoms with Crippen molar-refractivity contribution in [2.45, 2.75) is 19.1 Å². The smallest absolute Gasteiger partial charge is 0.240 e. The SMILES string of the molecule is NC(=O)C1CCN1c1ncccc1CO. The molecule has 5 nitrogen and oxygen atoms in total. The van der Waals surface area contributed by atoms with Crippen LogP contribution in [-0.4, -0.2) is 28.6 Å².